The summed E-state index contributed by atoms with van der Waals surface area (Å²) < 4.78 is 9.90. The molecule has 5 nitrogen and oxygen atoms in total. The SMILES string of the molecule is COC(=O)C1CN(C(=O)C(C)(C)OC)CC1C. The lowest BCUT2D eigenvalue weighted by Gasteiger charge is -2.27. The molecule has 5 heteroatoms. The van der Waals surface area contributed by atoms with Crippen LogP contribution in [0.4, 0.5) is 0 Å². The molecule has 1 aliphatic rings. The summed E-state index contributed by atoms with van der Waals surface area (Å²) in [5.74, 6) is -0.433. The van der Waals surface area contributed by atoms with E-state index in [1.165, 1.54) is 14.2 Å². The lowest BCUT2D eigenvalue weighted by molar-refractivity contribution is -0.151. The van der Waals surface area contributed by atoms with Gasteiger partial charge in [-0.2, -0.15) is 0 Å². The van der Waals surface area contributed by atoms with Crippen LogP contribution in [0, 0.1) is 11.8 Å². The molecule has 0 aliphatic carbocycles. The molecule has 98 valence electrons. The summed E-state index contributed by atoms with van der Waals surface area (Å²) in [5.41, 5.74) is -0.843. The van der Waals surface area contributed by atoms with Crippen molar-refractivity contribution in [3.05, 3.63) is 0 Å². The normalized spacial score (nSPS) is 24.9. The van der Waals surface area contributed by atoms with E-state index in [2.05, 4.69) is 0 Å². The Morgan fingerprint density at radius 1 is 1.24 bits per heavy atom. The Hall–Kier alpha value is -1.10. The molecule has 0 bridgehead atoms. The Morgan fingerprint density at radius 2 is 1.82 bits per heavy atom. The van der Waals surface area contributed by atoms with Gasteiger partial charge in [0.2, 0.25) is 0 Å². The Morgan fingerprint density at radius 3 is 2.29 bits per heavy atom. The number of ether oxygens (including phenoxy) is 2. The fraction of sp³-hybridized carbons (Fsp3) is 0.833. The quantitative estimate of drug-likeness (QED) is 0.684. The Labute approximate surface area is 102 Å². The summed E-state index contributed by atoms with van der Waals surface area (Å²) in [6.45, 7) is 6.40. The number of esters is 1. The number of likely N-dealkylation sites (tertiary alicyclic amines) is 1. The molecule has 1 amide bonds. The predicted octanol–water partition coefficient (Wildman–Crippen LogP) is 0.679. The molecule has 2 atom stereocenters. The second kappa shape index (κ2) is 5.04. The van der Waals surface area contributed by atoms with Crippen LogP contribution in [-0.4, -0.2) is 49.7 Å². The van der Waals surface area contributed by atoms with Crippen LogP contribution in [0.1, 0.15) is 20.8 Å². The van der Waals surface area contributed by atoms with E-state index in [0.29, 0.717) is 13.1 Å². The van der Waals surface area contributed by atoms with Gasteiger partial charge in [-0.1, -0.05) is 6.92 Å². The van der Waals surface area contributed by atoms with E-state index >= 15 is 0 Å². The first-order valence-electron chi connectivity index (χ1n) is 5.75. The van der Waals surface area contributed by atoms with Crippen LogP contribution in [0.2, 0.25) is 0 Å². The lowest BCUT2D eigenvalue weighted by Crippen LogP contribution is -2.45. The summed E-state index contributed by atoms with van der Waals surface area (Å²) in [6.07, 6.45) is 0. The molecule has 0 spiro atoms. The van der Waals surface area contributed by atoms with E-state index < -0.39 is 5.60 Å². The molecule has 0 aromatic heterocycles. The van der Waals surface area contributed by atoms with E-state index in [1.54, 1.807) is 18.7 Å². The fourth-order valence-electron chi connectivity index (χ4n) is 2.06. The number of rotatable bonds is 3. The van der Waals surface area contributed by atoms with Gasteiger partial charge in [-0.05, 0) is 19.8 Å². The third kappa shape index (κ3) is 2.77. The molecular formula is C12H21NO4. The summed E-state index contributed by atoms with van der Waals surface area (Å²) in [6, 6.07) is 0. The summed E-state index contributed by atoms with van der Waals surface area (Å²) >= 11 is 0. The molecule has 1 rings (SSSR count). The largest absolute Gasteiger partial charge is 0.469 e. The van der Waals surface area contributed by atoms with E-state index in [-0.39, 0.29) is 23.7 Å². The average Bonchev–Trinajstić information content (AvgIpc) is 2.69. The van der Waals surface area contributed by atoms with Gasteiger partial charge >= 0.3 is 5.97 Å². The third-order valence-electron chi connectivity index (χ3n) is 3.43. The minimum atomic E-state index is -0.843. The van der Waals surface area contributed by atoms with Crippen molar-refractivity contribution in [2.45, 2.75) is 26.4 Å². The van der Waals surface area contributed by atoms with E-state index in [4.69, 9.17) is 9.47 Å². The van der Waals surface area contributed by atoms with Crippen molar-refractivity contribution < 1.29 is 19.1 Å². The van der Waals surface area contributed by atoms with E-state index in [0.717, 1.165) is 0 Å². The highest BCUT2D eigenvalue weighted by Crippen LogP contribution is 2.26. The molecular weight excluding hydrogens is 222 g/mol. The number of hydrogen-bond donors (Lipinski definition) is 0. The third-order valence-corrected chi connectivity index (χ3v) is 3.43. The zero-order valence-electron chi connectivity index (χ0n) is 11.1. The van der Waals surface area contributed by atoms with Crippen molar-refractivity contribution in [2.75, 3.05) is 27.3 Å². The summed E-state index contributed by atoms with van der Waals surface area (Å²) in [4.78, 5) is 25.3. The van der Waals surface area contributed by atoms with Gasteiger partial charge in [0.05, 0.1) is 13.0 Å². The van der Waals surface area contributed by atoms with Crippen LogP contribution in [0.3, 0.4) is 0 Å². The van der Waals surface area contributed by atoms with E-state index in [9.17, 15) is 9.59 Å². The number of methoxy groups -OCH3 is 2. The topological polar surface area (TPSA) is 55.8 Å². The van der Waals surface area contributed by atoms with Gasteiger partial charge in [-0.15, -0.1) is 0 Å². The molecule has 1 saturated heterocycles. The van der Waals surface area contributed by atoms with Gasteiger partial charge < -0.3 is 14.4 Å². The van der Waals surface area contributed by atoms with Crippen LogP contribution >= 0.6 is 0 Å². The molecule has 0 N–H and O–H groups in total. The zero-order valence-corrected chi connectivity index (χ0v) is 11.1. The lowest BCUT2D eigenvalue weighted by atomic mass is 9.99. The van der Waals surface area contributed by atoms with Gasteiger partial charge in [0.15, 0.2) is 0 Å². The van der Waals surface area contributed by atoms with Crippen molar-refractivity contribution in [3.63, 3.8) is 0 Å². The van der Waals surface area contributed by atoms with Crippen LogP contribution in [0.25, 0.3) is 0 Å². The first-order valence-corrected chi connectivity index (χ1v) is 5.75. The molecule has 17 heavy (non-hydrogen) atoms. The molecule has 0 saturated carbocycles. The minimum absolute atomic E-state index is 0.0850. The van der Waals surface area contributed by atoms with Crippen LogP contribution in [-0.2, 0) is 19.1 Å². The fourth-order valence-corrected chi connectivity index (χ4v) is 2.06. The maximum absolute atomic E-state index is 12.1. The molecule has 0 aromatic carbocycles. The maximum atomic E-state index is 12.1. The van der Waals surface area contributed by atoms with E-state index in [1.807, 2.05) is 6.92 Å². The zero-order chi connectivity index (χ0) is 13.2. The molecule has 0 radical (unpaired) electrons. The average molecular weight is 243 g/mol. The van der Waals surface area contributed by atoms with Gasteiger partial charge in [0.25, 0.3) is 5.91 Å². The van der Waals surface area contributed by atoms with Crippen molar-refractivity contribution in [3.8, 4) is 0 Å². The first kappa shape index (κ1) is 14.0. The van der Waals surface area contributed by atoms with Crippen molar-refractivity contribution >= 4 is 11.9 Å². The van der Waals surface area contributed by atoms with Gasteiger partial charge in [-0.3, -0.25) is 9.59 Å². The van der Waals surface area contributed by atoms with Crippen molar-refractivity contribution in [1.29, 1.82) is 0 Å². The highest BCUT2D eigenvalue weighted by Gasteiger charge is 2.41. The molecule has 1 heterocycles. The second-order valence-corrected chi connectivity index (χ2v) is 5.03. The Balaban J connectivity index is 2.72. The minimum Gasteiger partial charge on any atom is -0.469 e. The molecule has 1 aliphatic heterocycles. The van der Waals surface area contributed by atoms with Crippen LogP contribution in [0.15, 0.2) is 0 Å². The monoisotopic (exact) mass is 243 g/mol. The molecule has 1 fully saturated rings. The van der Waals surface area contributed by atoms with Gasteiger partial charge in [-0.25, -0.2) is 0 Å². The van der Waals surface area contributed by atoms with Crippen LogP contribution < -0.4 is 0 Å². The Kier molecular flexibility index (Phi) is 4.14. The first-order chi connectivity index (χ1) is 7.83. The van der Waals surface area contributed by atoms with Gasteiger partial charge in [0, 0.05) is 20.2 Å². The van der Waals surface area contributed by atoms with Crippen molar-refractivity contribution in [1.82, 2.24) is 4.90 Å². The van der Waals surface area contributed by atoms with Gasteiger partial charge in [0.1, 0.15) is 5.60 Å². The summed E-state index contributed by atoms with van der Waals surface area (Å²) in [7, 11) is 2.88. The smallest absolute Gasteiger partial charge is 0.310 e. The number of nitrogens with zero attached hydrogens (tertiary/aromatic N) is 1. The number of carbonyl (C=O) groups is 2. The van der Waals surface area contributed by atoms with Crippen LogP contribution in [0.5, 0.6) is 0 Å². The standard InChI is InChI=1S/C12H21NO4/c1-8-6-13(7-9(8)10(14)16-4)11(15)12(2,3)17-5/h8-9H,6-7H2,1-5H3. The highest BCUT2D eigenvalue weighted by molar-refractivity contribution is 5.85. The summed E-state index contributed by atoms with van der Waals surface area (Å²) in [5, 5.41) is 0. The highest BCUT2D eigenvalue weighted by atomic mass is 16.5. The number of hydrogen-bond acceptors (Lipinski definition) is 4. The predicted molar refractivity (Wildman–Crippen MR) is 62.3 cm³/mol. The molecule has 0 aromatic rings. The molecule has 2 unspecified atom stereocenters. The number of carbonyl (C=O) groups excluding carboxylic acids is 2. The second-order valence-electron chi connectivity index (χ2n) is 5.03. The van der Waals surface area contributed by atoms with Crippen molar-refractivity contribution in [2.24, 2.45) is 11.8 Å². The Bertz CT molecular complexity index is 314. The maximum Gasteiger partial charge on any atom is 0.310 e. The number of amides is 1.